The molecule has 2 aliphatic heterocycles. The zero-order valence-electron chi connectivity index (χ0n) is 29.3. The number of rotatable bonds is 7. The van der Waals surface area contributed by atoms with Crippen molar-refractivity contribution in [2.75, 3.05) is 56.1 Å². The Labute approximate surface area is 297 Å². The van der Waals surface area contributed by atoms with Gasteiger partial charge < -0.3 is 49.8 Å². The fourth-order valence-corrected chi connectivity index (χ4v) is 5.84. The van der Waals surface area contributed by atoms with Crippen molar-refractivity contribution < 1.29 is 42.8 Å². The molecule has 0 aliphatic carbocycles. The van der Waals surface area contributed by atoms with E-state index in [0.717, 1.165) is 12.8 Å². The molecule has 0 aromatic heterocycles. The molecule has 51 heavy (non-hydrogen) atoms. The van der Waals surface area contributed by atoms with E-state index in [1.54, 1.807) is 55.3 Å². The van der Waals surface area contributed by atoms with Crippen molar-refractivity contribution in [2.45, 2.75) is 58.3 Å². The number of nitrogens with zero attached hydrogens (tertiary/aromatic N) is 2. The number of hydrogen-bond acceptors (Lipinski definition) is 8. The highest BCUT2D eigenvalue weighted by Crippen LogP contribution is 2.34. The summed E-state index contributed by atoms with van der Waals surface area (Å²) in [6, 6.07) is 14.0. The van der Waals surface area contributed by atoms with E-state index in [2.05, 4.69) is 16.0 Å². The molecule has 4 atom stereocenters. The molecular formula is C37H46FN5O8. The van der Waals surface area contributed by atoms with E-state index in [0.29, 0.717) is 47.3 Å². The summed E-state index contributed by atoms with van der Waals surface area (Å²) in [6.07, 6.45) is 1.57. The summed E-state index contributed by atoms with van der Waals surface area (Å²) in [7, 11) is 1.64. The molecule has 3 aromatic carbocycles. The van der Waals surface area contributed by atoms with Crippen LogP contribution >= 0.6 is 0 Å². The Bertz CT molecular complexity index is 1680. The first kappa shape index (κ1) is 37.2. The number of hydrogen-bond donors (Lipinski definition) is 4. The summed E-state index contributed by atoms with van der Waals surface area (Å²) in [5.74, 6) is 0.398. The summed E-state index contributed by atoms with van der Waals surface area (Å²) >= 11 is 0. The van der Waals surface area contributed by atoms with E-state index < -0.39 is 35.9 Å². The molecule has 0 bridgehead atoms. The molecule has 14 heteroatoms. The van der Waals surface area contributed by atoms with Gasteiger partial charge in [-0.3, -0.25) is 4.79 Å². The minimum atomic E-state index is -0.579. The van der Waals surface area contributed by atoms with Crippen molar-refractivity contribution in [1.82, 2.24) is 9.80 Å². The Hall–Kier alpha value is -5.08. The van der Waals surface area contributed by atoms with Crippen LogP contribution in [0.25, 0.3) is 0 Å². The third-order valence-electron chi connectivity index (χ3n) is 8.84. The molecule has 274 valence electrons. The molecule has 4 N–H and O–H groups in total. The van der Waals surface area contributed by atoms with Crippen molar-refractivity contribution in [3.05, 3.63) is 72.0 Å². The van der Waals surface area contributed by atoms with E-state index in [1.807, 2.05) is 13.8 Å². The van der Waals surface area contributed by atoms with Crippen LogP contribution in [0.2, 0.25) is 0 Å². The predicted octanol–water partition coefficient (Wildman–Crippen LogP) is 6.16. The Kier molecular flexibility index (Phi) is 12.6. The summed E-state index contributed by atoms with van der Waals surface area (Å²) in [6.45, 7) is 6.27. The van der Waals surface area contributed by atoms with Gasteiger partial charge in [0.25, 0.3) is 5.91 Å². The third-order valence-corrected chi connectivity index (χ3v) is 8.84. The Morgan fingerprint density at radius 1 is 0.941 bits per heavy atom. The van der Waals surface area contributed by atoms with Gasteiger partial charge in [0.2, 0.25) is 6.79 Å². The zero-order chi connectivity index (χ0) is 36.5. The summed E-state index contributed by atoms with van der Waals surface area (Å²) < 4.78 is 36.7. The summed E-state index contributed by atoms with van der Waals surface area (Å²) in [5, 5.41) is 18.6. The number of halogens is 1. The standard InChI is InChI=1S/C37H46FN5O8/c1-23-19-43(24(2)21-44)35(45)30-17-28(39-36(46)40-29-13-15-32-33(18-29)50-22-49-32)12-14-31(30)51-25(3)7-5-6-16-48-34(23)20-42(4)37(47)41-27-10-8-26(38)9-11-27/h8-15,17-18,23-25,34,44H,5-7,16,19-22H2,1-4H3,(H,41,47)(H2,39,40,46)/t23-,24+,25-,34+/m1/s1. The van der Waals surface area contributed by atoms with Gasteiger partial charge in [-0.25, -0.2) is 14.0 Å². The molecule has 0 saturated carbocycles. The molecule has 0 radical (unpaired) electrons. The maximum atomic E-state index is 14.4. The highest BCUT2D eigenvalue weighted by atomic mass is 19.1. The number of carbonyl (C=O) groups excluding carboxylic acids is 3. The second-order valence-electron chi connectivity index (χ2n) is 13.0. The van der Waals surface area contributed by atoms with Crippen molar-refractivity contribution >= 4 is 35.0 Å². The van der Waals surface area contributed by atoms with Crippen LogP contribution in [-0.2, 0) is 4.74 Å². The topological polar surface area (TPSA) is 151 Å². The SMILES string of the molecule is C[C@@H]1CCCCO[C@@H](CN(C)C(=O)Nc2ccc(F)cc2)[C@H](C)CN([C@@H](C)CO)C(=O)c2cc(NC(=O)Nc3ccc4c(c3)OCO4)ccc2O1. The summed E-state index contributed by atoms with van der Waals surface area (Å²) in [5.41, 5.74) is 1.53. The first-order chi connectivity index (χ1) is 24.5. The molecule has 5 amide bonds. The number of ether oxygens (including phenoxy) is 4. The van der Waals surface area contributed by atoms with Crippen LogP contribution in [0.15, 0.2) is 60.7 Å². The number of carbonyl (C=O) groups is 3. The van der Waals surface area contributed by atoms with Gasteiger partial charge in [-0.05, 0) is 87.7 Å². The van der Waals surface area contributed by atoms with Crippen LogP contribution in [0.4, 0.5) is 31.0 Å². The molecule has 3 aromatic rings. The molecular weight excluding hydrogens is 661 g/mol. The van der Waals surface area contributed by atoms with Crippen molar-refractivity contribution in [3.63, 3.8) is 0 Å². The van der Waals surface area contributed by atoms with Crippen molar-refractivity contribution in [1.29, 1.82) is 0 Å². The van der Waals surface area contributed by atoms with Gasteiger partial charge in [0.05, 0.1) is 30.4 Å². The fourth-order valence-electron chi connectivity index (χ4n) is 5.84. The van der Waals surface area contributed by atoms with Crippen LogP contribution in [0, 0.1) is 11.7 Å². The number of likely N-dealkylation sites (N-methyl/N-ethyl adjacent to an activating group) is 1. The monoisotopic (exact) mass is 707 g/mol. The molecule has 0 saturated heterocycles. The zero-order valence-corrected chi connectivity index (χ0v) is 29.3. The Morgan fingerprint density at radius 3 is 2.33 bits per heavy atom. The normalized spacial score (nSPS) is 19.9. The minimum Gasteiger partial charge on any atom is -0.490 e. The van der Waals surface area contributed by atoms with Crippen molar-refractivity contribution in [3.8, 4) is 17.2 Å². The van der Waals surface area contributed by atoms with Gasteiger partial charge in [-0.1, -0.05) is 6.92 Å². The molecule has 0 fully saturated rings. The average Bonchev–Trinajstić information content (AvgIpc) is 3.58. The Morgan fingerprint density at radius 2 is 1.61 bits per heavy atom. The van der Waals surface area contributed by atoms with E-state index in [-0.39, 0.29) is 44.1 Å². The van der Waals surface area contributed by atoms with Gasteiger partial charge in [0.1, 0.15) is 11.6 Å². The van der Waals surface area contributed by atoms with Gasteiger partial charge >= 0.3 is 12.1 Å². The summed E-state index contributed by atoms with van der Waals surface area (Å²) in [4.78, 5) is 43.5. The number of urea groups is 2. The number of aliphatic hydroxyl groups is 1. The number of nitrogens with one attached hydrogen (secondary N) is 3. The first-order valence-corrected chi connectivity index (χ1v) is 17.1. The van der Waals surface area contributed by atoms with Gasteiger partial charge in [-0.15, -0.1) is 0 Å². The van der Waals surface area contributed by atoms with Crippen LogP contribution < -0.4 is 30.2 Å². The van der Waals surface area contributed by atoms with Crippen LogP contribution in [0.1, 0.15) is 50.4 Å². The Balaban J connectivity index is 1.35. The predicted molar refractivity (Wildman–Crippen MR) is 190 cm³/mol. The quantitative estimate of drug-likeness (QED) is 0.228. The van der Waals surface area contributed by atoms with Crippen LogP contribution in [-0.4, -0.2) is 91.3 Å². The molecule has 13 nitrogen and oxygen atoms in total. The second kappa shape index (κ2) is 17.2. The molecule has 5 rings (SSSR count). The highest BCUT2D eigenvalue weighted by Gasteiger charge is 2.31. The molecule has 0 spiro atoms. The lowest BCUT2D eigenvalue weighted by atomic mass is 10.0. The van der Waals surface area contributed by atoms with E-state index in [9.17, 15) is 23.9 Å². The molecule has 0 unspecified atom stereocenters. The lowest BCUT2D eigenvalue weighted by Crippen LogP contribution is -2.48. The van der Waals surface area contributed by atoms with Gasteiger partial charge in [-0.2, -0.15) is 0 Å². The minimum absolute atomic E-state index is 0.111. The molecule has 2 aliphatic rings. The number of fused-ring (bicyclic) bond motifs is 2. The first-order valence-electron chi connectivity index (χ1n) is 17.1. The number of benzene rings is 3. The fraction of sp³-hybridized carbons (Fsp3) is 0.432. The maximum absolute atomic E-state index is 14.4. The number of anilines is 3. The van der Waals surface area contributed by atoms with Crippen LogP contribution in [0.5, 0.6) is 17.2 Å². The van der Waals surface area contributed by atoms with E-state index in [1.165, 1.54) is 29.2 Å². The largest absolute Gasteiger partial charge is 0.490 e. The number of aliphatic hydroxyl groups excluding tert-OH is 1. The lowest BCUT2D eigenvalue weighted by Gasteiger charge is -2.35. The average molecular weight is 708 g/mol. The van der Waals surface area contributed by atoms with Gasteiger partial charge in [0, 0.05) is 55.8 Å². The highest BCUT2D eigenvalue weighted by molar-refractivity contribution is 6.02. The van der Waals surface area contributed by atoms with E-state index >= 15 is 0 Å². The van der Waals surface area contributed by atoms with Gasteiger partial charge in [0.15, 0.2) is 11.5 Å². The third kappa shape index (κ3) is 10.0. The second-order valence-corrected chi connectivity index (χ2v) is 13.0. The lowest BCUT2D eigenvalue weighted by molar-refractivity contribution is -0.0115. The smallest absolute Gasteiger partial charge is 0.323 e. The molecule has 2 heterocycles. The maximum Gasteiger partial charge on any atom is 0.323 e. The van der Waals surface area contributed by atoms with Crippen molar-refractivity contribution in [2.24, 2.45) is 5.92 Å². The number of amides is 5. The van der Waals surface area contributed by atoms with E-state index in [4.69, 9.17) is 18.9 Å². The van der Waals surface area contributed by atoms with Crippen LogP contribution in [0.3, 0.4) is 0 Å².